The predicted octanol–water partition coefficient (Wildman–Crippen LogP) is 2.15. The molecule has 1 aliphatic heterocycles. The number of hydrogen-bond acceptors (Lipinski definition) is 1. The Labute approximate surface area is 49.7 Å². The van der Waals surface area contributed by atoms with E-state index < -0.39 is 0 Å². The van der Waals surface area contributed by atoms with Crippen molar-refractivity contribution in [1.29, 1.82) is 0 Å². The van der Waals surface area contributed by atoms with Crippen LogP contribution in [0.3, 0.4) is 0 Å². The summed E-state index contributed by atoms with van der Waals surface area (Å²) < 4.78 is 0. The Morgan fingerprint density at radius 2 is 1.86 bits per heavy atom. The molecule has 1 heteroatoms. The van der Waals surface area contributed by atoms with E-state index >= 15 is 0 Å². The monoisotopic (exact) mass is 116 g/mol. The van der Waals surface area contributed by atoms with Crippen LogP contribution in [-0.4, -0.2) is 10.5 Å². The molecule has 0 saturated carbocycles. The largest absolute Gasteiger partial charge is 0.153 e. The van der Waals surface area contributed by atoms with Crippen molar-refractivity contribution >= 4 is 11.8 Å². The number of thioether (sulfide) groups is 1. The Hall–Kier alpha value is 0.350. The first kappa shape index (κ1) is 5.49. The summed E-state index contributed by atoms with van der Waals surface area (Å²) in [7, 11) is 0. The Balaban J connectivity index is 2.20. The van der Waals surface area contributed by atoms with Crippen LogP contribution in [0.15, 0.2) is 0 Å². The Bertz CT molecular complexity index is 68.6. The fourth-order valence-electron chi connectivity index (χ4n) is 0.902. The van der Waals surface area contributed by atoms with Crippen LogP contribution in [-0.2, 0) is 0 Å². The Morgan fingerprint density at radius 1 is 1.43 bits per heavy atom. The second-order valence-electron chi connectivity index (χ2n) is 2.55. The molecule has 0 spiro atoms. The quantitative estimate of drug-likeness (QED) is 0.473. The van der Waals surface area contributed by atoms with Crippen molar-refractivity contribution in [3.63, 3.8) is 0 Å². The summed E-state index contributed by atoms with van der Waals surface area (Å²) in [5.74, 6) is 0.903. The van der Waals surface area contributed by atoms with Crippen LogP contribution in [0.4, 0.5) is 0 Å². The first-order valence-electron chi connectivity index (χ1n) is 2.87. The van der Waals surface area contributed by atoms with E-state index in [1.807, 2.05) is 0 Å². The van der Waals surface area contributed by atoms with Crippen molar-refractivity contribution in [3.05, 3.63) is 0 Å². The zero-order valence-corrected chi connectivity index (χ0v) is 5.96. The molecule has 1 aliphatic rings. The molecule has 0 aliphatic carbocycles. The SMILES string of the molecule is CC(C)C1SC1C. The van der Waals surface area contributed by atoms with Gasteiger partial charge in [-0.05, 0) is 5.92 Å². The van der Waals surface area contributed by atoms with E-state index in [0.29, 0.717) is 0 Å². The first-order chi connectivity index (χ1) is 3.22. The summed E-state index contributed by atoms with van der Waals surface area (Å²) in [5, 5.41) is 1.94. The molecule has 1 rings (SSSR count). The number of rotatable bonds is 1. The van der Waals surface area contributed by atoms with Crippen molar-refractivity contribution in [1.82, 2.24) is 0 Å². The van der Waals surface area contributed by atoms with Gasteiger partial charge < -0.3 is 0 Å². The van der Waals surface area contributed by atoms with E-state index in [4.69, 9.17) is 0 Å². The van der Waals surface area contributed by atoms with Gasteiger partial charge in [0.15, 0.2) is 0 Å². The van der Waals surface area contributed by atoms with Gasteiger partial charge in [0.05, 0.1) is 0 Å². The average Bonchev–Trinajstić information content (AvgIpc) is 2.17. The van der Waals surface area contributed by atoms with Crippen LogP contribution < -0.4 is 0 Å². The zero-order chi connectivity index (χ0) is 5.44. The highest BCUT2D eigenvalue weighted by Gasteiger charge is 2.35. The van der Waals surface area contributed by atoms with Crippen LogP contribution in [0.5, 0.6) is 0 Å². The molecule has 0 N–H and O–H groups in total. The standard InChI is InChI=1S/C6H12S/c1-4(2)6-5(3)7-6/h4-6H,1-3H3. The zero-order valence-electron chi connectivity index (χ0n) is 5.14. The van der Waals surface area contributed by atoms with Gasteiger partial charge in [-0.15, -0.1) is 0 Å². The molecule has 1 fully saturated rings. The third-order valence-corrected chi connectivity index (χ3v) is 3.09. The molecular weight excluding hydrogens is 104 g/mol. The molecule has 2 atom stereocenters. The highest BCUT2D eigenvalue weighted by atomic mass is 32.2. The van der Waals surface area contributed by atoms with Crippen LogP contribution in [0.25, 0.3) is 0 Å². The maximum absolute atomic E-state index is 2.30. The van der Waals surface area contributed by atoms with Crippen molar-refractivity contribution in [2.75, 3.05) is 0 Å². The molecule has 42 valence electrons. The molecule has 0 radical (unpaired) electrons. The molecule has 7 heavy (non-hydrogen) atoms. The summed E-state index contributed by atoms with van der Waals surface area (Å²) in [6, 6.07) is 0. The van der Waals surface area contributed by atoms with E-state index in [9.17, 15) is 0 Å². The molecule has 0 amide bonds. The Morgan fingerprint density at radius 3 is 1.86 bits per heavy atom. The van der Waals surface area contributed by atoms with E-state index in [1.54, 1.807) is 0 Å². The van der Waals surface area contributed by atoms with E-state index in [0.717, 1.165) is 16.4 Å². The minimum Gasteiger partial charge on any atom is -0.153 e. The second-order valence-corrected chi connectivity index (χ2v) is 4.11. The van der Waals surface area contributed by atoms with Crippen molar-refractivity contribution in [2.24, 2.45) is 5.92 Å². The highest BCUT2D eigenvalue weighted by Crippen LogP contribution is 2.45. The van der Waals surface area contributed by atoms with Crippen LogP contribution in [0.2, 0.25) is 0 Å². The van der Waals surface area contributed by atoms with Gasteiger partial charge in [0.2, 0.25) is 0 Å². The smallest absolute Gasteiger partial charge is 0.0190 e. The van der Waals surface area contributed by atoms with Crippen molar-refractivity contribution < 1.29 is 0 Å². The van der Waals surface area contributed by atoms with E-state index in [-0.39, 0.29) is 0 Å². The van der Waals surface area contributed by atoms with Crippen molar-refractivity contribution in [3.8, 4) is 0 Å². The summed E-state index contributed by atoms with van der Waals surface area (Å²) in [4.78, 5) is 0. The van der Waals surface area contributed by atoms with Crippen LogP contribution >= 0.6 is 11.8 Å². The first-order valence-corrected chi connectivity index (χ1v) is 3.81. The molecule has 0 aromatic rings. The van der Waals surface area contributed by atoms with Gasteiger partial charge in [-0.1, -0.05) is 20.8 Å². The average molecular weight is 116 g/mol. The summed E-state index contributed by atoms with van der Waals surface area (Å²) in [6.07, 6.45) is 0. The van der Waals surface area contributed by atoms with Gasteiger partial charge in [-0.2, -0.15) is 11.8 Å². The Kier molecular flexibility index (Phi) is 1.33. The van der Waals surface area contributed by atoms with Crippen LogP contribution in [0.1, 0.15) is 20.8 Å². The lowest BCUT2D eigenvalue weighted by Crippen LogP contribution is -1.97. The minimum absolute atomic E-state index is 0.903. The minimum atomic E-state index is 0.903. The van der Waals surface area contributed by atoms with Gasteiger partial charge in [0.25, 0.3) is 0 Å². The predicted molar refractivity (Wildman–Crippen MR) is 35.7 cm³/mol. The van der Waals surface area contributed by atoms with Gasteiger partial charge in [0.1, 0.15) is 0 Å². The normalized spacial score (nSPS) is 39.4. The highest BCUT2D eigenvalue weighted by molar-refractivity contribution is 8.07. The van der Waals surface area contributed by atoms with Gasteiger partial charge in [0, 0.05) is 10.5 Å². The molecule has 2 unspecified atom stereocenters. The molecule has 0 bridgehead atoms. The molecular formula is C6H12S. The van der Waals surface area contributed by atoms with Crippen LogP contribution in [0, 0.1) is 5.92 Å². The topological polar surface area (TPSA) is 0 Å². The van der Waals surface area contributed by atoms with Gasteiger partial charge >= 0.3 is 0 Å². The summed E-state index contributed by atoms with van der Waals surface area (Å²) in [5.41, 5.74) is 0. The van der Waals surface area contributed by atoms with E-state index in [1.165, 1.54) is 0 Å². The molecule has 0 nitrogen and oxygen atoms in total. The van der Waals surface area contributed by atoms with Gasteiger partial charge in [-0.25, -0.2) is 0 Å². The fourth-order valence-corrected chi connectivity index (χ4v) is 1.94. The molecule has 1 heterocycles. The third-order valence-electron chi connectivity index (χ3n) is 1.41. The molecule has 0 aromatic carbocycles. The maximum atomic E-state index is 2.30. The second kappa shape index (κ2) is 1.70. The molecule has 1 saturated heterocycles. The lowest BCUT2D eigenvalue weighted by atomic mass is 10.1. The summed E-state index contributed by atoms with van der Waals surface area (Å²) in [6.45, 7) is 6.89. The van der Waals surface area contributed by atoms with Gasteiger partial charge in [-0.3, -0.25) is 0 Å². The third kappa shape index (κ3) is 1.12. The lowest BCUT2D eigenvalue weighted by Gasteiger charge is -1.94. The number of hydrogen-bond donors (Lipinski definition) is 0. The molecule has 0 aromatic heterocycles. The van der Waals surface area contributed by atoms with E-state index in [2.05, 4.69) is 32.5 Å². The maximum Gasteiger partial charge on any atom is 0.0190 e. The lowest BCUT2D eigenvalue weighted by molar-refractivity contribution is 0.649. The summed E-state index contributed by atoms with van der Waals surface area (Å²) >= 11 is 2.10. The van der Waals surface area contributed by atoms with Crippen molar-refractivity contribution in [2.45, 2.75) is 31.3 Å². The fraction of sp³-hybridized carbons (Fsp3) is 1.00.